The predicted octanol–water partition coefficient (Wildman–Crippen LogP) is 0.394. The number of carbonyl (C=O) groups excluding carboxylic acids is 1. The van der Waals surface area contributed by atoms with Crippen LogP contribution < -0.4 is 25.8 Å². The highest BCUT2D eigenvalue weighted by atomic mass is 19.1. The lowest BCUT2D eigenvalue weighted by Crippen LogP contribution is -2.53. The van der Waals surface area contributed by atoms with Crippen LogP contribution in [0.5, 0.6) is 5.75 Å². The molecule has 1 aromatic carbocycles. The van der Waals surface area contributed by atoms with E-state index in [1.807, 2.05) is 6.92 Å². The highest BCUT2D eigenvalue weighted by molar-refractivity contribution is 5.99. The Morgan fingerprint density at radius 2 is 2.26 bits per heavy atom. The standard InChI is InChI=1S/C16H21FN4O2/c1-9-8-21(13-3-2-10(17)6-14(13)23-9)16(22)15-11-7-18-5-4-12(11)19-20-15/h2-3,6,9,11-12,15,18-20H,4-5,7-8H2,1H3. The number of benzene rings is 1. The van der Waals surface area contributed by atoms with E-state index in [0.717, 1.165) is 19.5 Å². The number of halogens is 1. The molecule has 124 valence electrons. The Balaban J connectivity index is 1.61. The second-order valence-corrected chi connectivity index (χ2v) is 6.52. The molecule has 2 saturated heterocycles. The van der Waals surface area contributed by atoms with Crippen LogP contribution in [-0.2, 0) is 4.79 Å². The van der Waals surface area contributed by atoms with Crippen LogP contribution in [0.15, 0.2) is 18.2 Å². The number of carbonyl (C=O) groups is 1. The molecular formula is C16H21FN4O2. The lowest BCUT2D eigenvalue weighted by atomic mass is 9.88. The monoisotopic (exact) mass is 320 g/mol. The topological polar surface area (TPSA) is 65.6 Å². The van der Waals surface area contributed by atoms with Crippen molar-refractivity contribution in [2.24, 2.45) is 5.92 Å². The fourth-order valence-electron chi connectivity index (χ4n) is 3.75. The molecule has 0 aromatic heterocycles. The summed E-state index contributed by atoms with van der Waals surface area (Å²) in [7, 11) is 0. The van der Waals surface area contributed by atoms with Gasteiger partial charge in [0.25, 0.3) is 0 Å². The molecule has 0 spiro atoms. The van der Waals surface area contributed by atoms with Gasteiger partial charge in [0.1, 0.15) is 23.7 Å². The molecule has 0 bridgehead atoms. The van der Waals surface area contributed by atoms with Crippen LogP contribution in [0.3, 0.4) is 0 Å². The Morgan fingerprint density at radius 1 is 1.39 bits per heavy atom. The van der Waals surface area contributed by atoms with Gasteiger partial charge in [-0.25, -0.2) is 9.82 Å². The van der Waals surface area contributed by atoms with Gasteiger partial charge in [0.2, 0.25) is 5.91 Å². The second-order valence-electron chi connectivity index (χ2n) is 6.52. The van der Waals surface area contributed by atoms with E-state index in [9.17, 15) is 9.18 Å². The molecule has 1 amide bonds. The molecule has 0 radical (unpaired) electrons. The lowest BCUT2D eigenvalue weighted by Gasteiger charge is -2.36. The summed E-state index contributed by atoms with van der Waals surface area (Å²) < 4.78 is 19.1. The first-order valence-corrected chi connectivity index (χ1v) is 8.13. The Morgan fingerprint density at radius 3 is 3.13 bits per heavy atom. The molecule has 4 rings (SSSR count). The number of nitrogens with one attached hydrogen (secondary N) is 3. The summed E-state index contributed by atoms with van der Waals surface area (Å²) in [6, 6.07) is 4.36. The lowest BCUT2D eigenvalue weighted by molar-refractivity contribution is -0.121. The van der Waals surface area contributed by atoms with Crippen molar-refractivity contribution < 1.29 is 13.9 Å². The van der Waals surface area contributed by atoms with Crippen molar-refractivity contribution in [2.45, 2.75) is 31.5 Å². The fourth-order valence-corrected chi connectivity index (χ4v) is 3.75. The SMILES string of the molecule is CC1CN(C(=O)C2NNC3CCNCC32)c2ccc(F)cc2O1. The number of fused-ring (bicyclic) bond motifs is 2. The van der Waals surface area contributed by atoms with E-state index >= 15 is 0 Å². The molecule has 3 aliphatic heterocycles. The molecule has 1 aromatic rings. The predicted molar refractivity (Wildman–Crippen MR) is 83.7 cm³/mol. The molecule has 3 aliphatic rings. The maximum atomic E-state index is 13.5. The van der Waals surface area contributed by atoms with Crippen molar-refractivity contribution in [3.63, 3.8) is 0 Å². The van der Waals surface area contributed by atoms with E-state index in [4.69, 9.17) is 4.74 Å². The first-order valence-electron chi connectivity index (χ1n) is 8.13. The third kappa shape index (κ3) is 2.58. The van der Waals surface area contributed by atoms with Crippen LogP contribution in [0.2, 0.25) is 0 Å². The van der Waals surface area contributed by atoms with E-state index in [1.54, 1.807) is 11.0 Å². The third-order valence-corrected chi connectivity index (χ3v) is 4.89. The highest BCUT2D eigenvalue weighted by Gasteiger charge is 2.44. The number of rotatable bonds is 1. The van der Waals surface area contributed by atoms with Gasteiger partial charge < -0.3 is 15.0 Å². The zero-order valence-electron chi connectivity index (χ0n) is 13.0. The van der Waals surface area contributed by atoms with Crippen LogP contribution in [0.1, 0.15) is 13.3 Å². The smallest absolute Gasteiger partial charge is 0.246 e. The Labute approximate surface area is 134 Å². The van der Waals surface area contributed by atoms with Crippen molar-refractivity contribution >= 4 is 11.6 Å². The normalized spacial score (nSPS) is 32.9. The maximum absolute atomic E-state index is 13.5. The zero-order chi connectivity index (χ0) is 16.0. The Hall–Kier alpha value is -1.70. The minimum absolute atomic E-state index is 0.0108. The molecule has 6 nitrogen and oxygen atoms in total. The van der Waals surface area contributed by atoms with Crippen LogP contribution in [-0.4, -0.2) is 43.7 Å². The molecule has 23 heavy (non-hydrogen) atoms. The summed E-state index contributed by atoms with van der Waals surface area (Å²) >= 11 is 0. The minimum Gasteiger partial charge on any atom is -0.487 e. The average molecular weight is 320 g/mol. The van der Waals surface area contributed by atoms with Gasteiger partial charge in [0.05, 0.1) is 12.2 Å². The van der Waals surface area contributed by atoms with Crippen molar-refractivity contribution in [1.29, 1.82) is 0 Å². The van der Waals surface area contributed by atoms with Gasteiger partial charge in [-0.1, -0.05) is 0 Å². The Bertz CT molecular complexity index is 626. The highest BCUT2D eigenvalue weighted by Crippen LogP contribution is 2.35. The first-order chi connectivity index (χ1) is 11.1. The number of amides is 1. The molecule has 4 unspecified atom stereocenters. The molecule has 3 heterocycles. The summed E-state index contributed by atoms with van der Waals surface area (Å²) in [6.45, 7) is 4.14. The maximum Gasteiger partial charge on any atom is 0.246 e. The zero-order valence-corrected chi connectivity index (χ0v) is 13.0. The second kappa shape index (κ2) is 5.74. The summed E-state index contributed by atoms with van der Waals surface area (Å²) in [5, 5.41) is 3.35. The Kier molecular flexibility index (Phi) is 3.71. The first kappa shape index (κ1) is 14.9. The van der Waals surface area contributed by atoms with Crippen molar-refractivity contribution in [2.75, 3.05) is 24.5 Å². The number of ether oxygens (including phenoxy) is 1. The summed E-state index contributed by atoms with van der Waals surface area (Å²) in [5.74, 6) is 0.304. The van der Waals surface area contributed by atoms with Crippen LogP contribution in [0.25, 0.3) is 0 Å². The molecule has 3 N–H and O–H groups in total. The number of nitrogens with zero attached hydrogens (tertiary/aromatic N) is 1. The van der Waals surface area contributed by atoms with Crippen LogP contribution in [0.4, 0.5) is 10.1 Å². The van der Waals surface area contributed by atoms with Crippen molar-refractivity contribution in [3.8, 4) is 5.75 Å². The largest absolute Gasteiger partial charge is 0.487 e. The number of anilines is 1. The van der Waals surface area contributed by atoms with Gasteiger partial charge in [0, 0.05) is 24.6 Å². The molecular weight excluding hydrogens is 299 g/mol. The van der Waals surface area contributed by atoms with Gasteiger partial charge in [0.15, 0.2) is 0 Å². The van der Waals surface area contributed by atoms with E-state index in [-0.39, 0.29) is 29.8 Å². The van der Waals surface area contributed by atoms with Crippen molar-refractivity contribution in [3.05, 3.63) is 24.0 Å². The van der Waals surface area contributed by atoms with Gasteiger partial charge in [-0.15, -0.1) is 0 Å². The number of piperidine rings is 1. The third-order valence-electron chi connectivity index (χ3n) is 4.89. The van der Waals surface area contributed by atoms with Gasteiger partial charge in [-0.2, -0.15) is 0 Å². The molecule has 0 aliphatic carbocycles. The van der Waals surface area contributed by atoms with Crippen LogP contribution >= 0.6 is 0 Å². The number of hydrogen-bond donors (Lipinski definition) is 3. The summed E-state index contributed by atoms with van der Waals surface area (Å²) in [5.41, 5.74) is 7.04. The van der Waals surface area contributed by atoms with Crippen LogP contribution in [0, 0.1) is 11.7 Å². The number of hydrazine groups is 1. The molecule has 2 fully saturated rings. The average Bonchev–Trinajstić information content (AvgIpc) is 2.97. The molecule has 0 saturated carbocycles. The van der Waals surface area contributed by atoms with Crippen molar-refractivity contribution in [1.82, 2.24) is 16.2 Å². The van der Waals surface area contributed by atoms with Gasteiger partial charge in [-0.05, 0) is 32.0 Å². The fraction of sp³-hybridized carbons (Fsp3) is 0.562. The van der Waals surface area contributed by atoms with E-state index in [0.29, 0.717) is 24.0 Å². The van der Waals surface area contributed by atoms with Gasteiger partial charge in [-0.3, -0.25) is 10.2 Å². The summed E-state index contributed by atoms with van der Waals surface area (Å²) in [4.78, 5) is 14.8. The number of hydrogen-bond acceptors (Lipinski definition) is 5. The molecule has 7 heteroatoms. The van der Waals surface area contributed by atoms with E-state index in [1.165, 1.54) is 12.1 Å². The van der Waals surface area contributed by atoms with Gasteiger partial charge >= 0.3 is 0 Å². The minimum atomic E-state index is -0.359. The van der Waals surface area contributed by atoms with E-state index in [2.05, 4.69) is 16.2 Å². The quantitative estimate of drug-likeness (QED) is 0.699. The molecule has 4 atom stereocenters. The summed E-state index contributed by atoms with van der Waals surface area (Å²) in [6.07, 6.45) is 0.839. The van der Waals surface area contributed by atoms with E-state index < -0.39 is 0 Å².